The Morgan fingerprint density at radius 2 is 1.32 bits per heavy atom. The van der Waals surface area contributed by atoms with E-state index >= 15 is 0 Å². The summed E-state index contributed by atoms with van der Waals surface area (Å²) in [5, 5.41) is 5.87. The molecule has 1 N–H and O–H groups in total. The molecule has 5 heteroatoms. The lowest BCUT2D eigenvalue weighted by Crippen LogP contribution is -2.71. The zero-order valence-electron chi connectivity index (χ0n) is 21.3. The lowest BCUT2D eigenvalue weighted by Gasteiger charge is -2.41. The zero-order chi connectivity index (χ0) is 25.9. The van der Waals surface area contributed by atoms with Gasteiger partial charge in [-0.15, -0.1) is 0 Å². The monoisotopic (exact) mass is 511 g/mol. The molecule has 1 amide bonds. The van der Waals surface area contributed by atoms with Crippen LogP contribution in [0.1, 0.15) is 24.5 Å². The van der Waals surface area contributed by atoms with Crippen LogP contribution in [0.2, 0.25) is 6.04 Å². The van der Waals surface area contributed by atoms with E-state index in [-0.39, 0.29) is 17.4 Å². The molecular formula is C32H34FNO2Si. The fourth-order valence-electron chi connectivity index (χ4n) is 5.17. The quantitative estimate of drug-likeness (QED) is 0.208. The summed E-state index contributed by atoms with van der Waals surface area (Å²) < 4.78 is 19.8. The SMILES string of the molecule is CC(=O)NC(Cc1ccc(F)cc1)[Si](CCCOCc1ccccc1)(c1ccccc1)c1ccccc1. The average molecular weight is 512 g/mol. The van der Waals surface area contributed by atoms with Crippen LogP contribution >= 0.6 is 0 Å². The minimum absolute atomic E-state index is 0.0591. The van der Waals surface area contributed by atoms with Crippen molar-refractivity contribution in [1.82, 2.24) is 5.32 Å². The van der Waals surface area contributed by atoms with Gasteiger partial charge in [0.25, 0.3) is 0 Å². The lowest BCUT2D eigenvalue weighted by molar-refractivity contribution is -0.119. The first-order valence-corrected chi connectivity index (χ1v) is 15.1. The van der Waals surface area contributed by atoms with Gasteiger partial charge in [0, 0.05) is 19.2 Å². The highest BCUT2D eigenvalue weighted by Crippen LogP contribution is 2.22. The van der Waals surface area contributed by atoms with Crippen molar-refractivity contribution in [3.05, 3.63) is 132 Å². The van der Waals surface area contributed by atoms with Crippen molar-refractivity contribution in [3.8, 4) is 0 Å². The highest BCUT2D eigenvalue weighted by Gasteiger charge is 2.44. The van der Waals surface area contributed by atoms with Crippen molar-refractivity contribution < 1.29 is 13.9 Å². The molecule has 0 aliphatic carbocycles. The third-order valence-electron chi connectivity index (χ3n) is 6.87. The molecule has 0 heterocycles. The van der Waals surface area contributed by atoms with Gasteiger partial charge in [0.15, 0.2) is 0 Å². The first-order valence-electron chi connectivity index (χ1n) is 12.8. The van der Waals surface area contributed by atoms with Crippen molar-refractivity contribution in [1.29, 1.82) is 0 Å². The number of ether oxygens (including phenoxy) is 1. The van der Waals surface area contributed by atoms with E-state index in [4.69, 9.17) is 4.74 Å². The van der Waals surface area contributed by atoms with E-state index in [9.17, 15) is 9.18 Å². The Morgan fingerprint density at radius 1 is 0.784 bits per heavy atom. The molecule has 4 aromatic carbocycles. The van der Waals surface area contributed by atoms with E-state index in [0.717, 1.165) is 23.6 Å². The molecule has 0 radical (unpaired) electrons. The van der Waals surface area contributed by atoms with E-state index in [2.05, 4.69) is 66.0 Å². The molecule has 0 saturated carbocycles. The Hall–Kier alpha value is -3.54. The van der Waals surface area contributed by atoms with Gasteiger partial charge in [-0.2, -0.15) is 0 Å². The maximum absolute atomic E-state index is 13.7. The summed E-state index contributed by atoms with van der Waals surface area (Å²) in [5.74, 6) is -0.318. The molecule has 4 rings (SSSR count). The Bertz CT molecular complexity index is 1190. The zero-order valence-corrected chi connectivity index (χ0v) is 22.3. The smallest absolute Gasteiger partial charge is 0.216 e. The van der Waals surface area contributed by atoms with Gasteiger partial charge in [-0.05, 0) is 42.1 Å². The second kappa shape index (κ2) is 13.1. The standard InChI is InChI=1S/C32H34FNO2Si/c1-26(35)34-32(24-27-18-20-29(33)21-19-27)37(30-14-7-3-8-15-30,31-16-9-4-10-17-31)23-11-22-36-25-28-12-5-2-6-13-28/h2-10,12-21,32H,11,22-25H2,1H3,(H,34,35). The third kappa shape index (κ3) is 7.03. The minimum atomic E-state index is -2.57. The topological polar surface area (TPSA) is 38.3 Å². The number of carbonyl (C=O) groups excluding carboxylic acids is 1. The molecular weight excluding hydrogens is 477 g/mol. The first-order chi connectivity index (χ1) is 18.1. The normalized spacial score (nSPS) is 12.2. The highest BCUT2D eigenvalue weighted by molar-refractivity contribution is 7.03. The van der Waals surface area contributed by atoms with Gasteiger partial charge in [-0.25, -0.2) is 4.39 Å². The van der Waals surface area contributed by atoms with Gasteiger partial charge >= 0.3 is 0 Å². The van der Waals surface area contributed by atoms with Gasteiger partial charge in [-0.1, -0.05) is 114 Å². The Labute approximate surface area is 220 Å². The molecule has 3 nitrogen and oxygen atoms in total. The molecule has 0 aliphatic rings. The molecule has 0 saturated heterocycles. The molecule has 37 heavy (non-hydrogen) atoms. The van der Waals surface area contributed by atoms with Crippen molar-refractivity contribution in [2.24, 2.45) is 0 Å². The predicted molar refractivity (Wildman–Crippen MR) is 151 cm³/mol. The van der Waals surface area contributed by atoms with E-state index in [1.807, 2.05) is 42.5 Å². The number of hydrogen-bond donors (Lipinski definition) is 1. The summed E-state index contributed by atoms with van der Waals surface area (Å²) in [6, 6.07) is 38.9. The Morgan fingerprint density at radius 3 is 1.86 bits per heavy atom. The summed E-state index contributed by atoms with van der Waals surface area (Å²) >= 11 is 0. The van der Waals surface area contributed by atoms with Gasteiger partial charge in [-0.3, -0.25) is 4.79 Å². The van der Waals surface area contributed by atoms with E-state index in [1.165, 1.54) is 22.5 Å². The maximum atomic E-state index is 13.7. The molecule has 0 aliphatic heterocycles. The van der Waals surface area contributed by atoms with Crippen molar-refractivity contribution in [3.63, 3.8) is 0 Å². The van der Waals surface area contributed by atoms with Crippen molar-refractivity contribution >= 4 is 24.4 Å². The number of benzene rings is 4. The molecule has 1 unspecified atom stereocenters. The van der Waals surface area contributed by atoms with Crippen molar-refractivity contribution in [2.75, 3.05) is 6.61 Å². The summed E-state index contributed by atoms with van der Waals surface area (Å²) in [6.07, 6.45) is 1.49. The number of rotatable bonds is 12. The maximum Gasteiger partial charge on any atom is 0.216 e. The van der Waals surface area contributed by atoms with Crippen LogP contribution in [0.25, 0.3) is 0 Å². The molecule has 190 valence electrons. The van der Waals surface area contributed by atoms with Crippen LogP contribution in [-0.2, 0) is 22.6 Å². The lowest BCUT2D eigenvalue weighted by atomic mass is 10.1. The summed E-state index contributed by atoms with van der Waals surface area (Å²) in [5.41, 5.74) is 2.04. The van der Waals surface area contributed by atoms with Crippen molar-refractivity contribution in [2.45, 2.75) is 38.1 Å². The number of hydrogen-bond acceptors (Lipinski definition) is 2. The third-order valence-corrected chi connectivity index (χ3v) is 12.3. The summed E-state index contributed by atoms with van der Waals surface area (Å²) in [6.45, 7) is 2.79. The molecule has 1 atom stereocenters. The average Bonchev–Trinajstić information content (AvgIpc) is 2.93. The largest absolute Gasteiger partial charge is 0.377 e. The van der Waals surface area contributed by atoms with Crippen LogP contribution in [0, 0.1) is 5.82 Å². The minimum Gasteiger partial charge on any atom is -0.377 e. The fraction of sp³-hybridized carbons (Fsp3) is 0.219. The van der Waals surface area contributed by atoms with Gasteiger partial charge in [0.2, 0.25) is 5.91 Å². The molecule has 0 fully saturated rings. The van der Waals surface area contributed by atoms with E-state index < -0.39 is 8.07 Å². The molecule has 0 spiro atoms. The van der Waals surface area contributed by atoms with Crippen LogP contribution in [0.3, 0.4) is 0 Å². The fourth-order valence-corrected chi connectivity index (χ4v) is 10.5. The number of carbonyl (C=O) groups is 1. The predicted octanol–water partition coefficient (Wildman–Crippen LogP) is 5.28. The Kier molecular flexibility index (Phi) is 9.41. The summed E-state index contributed by atoms with van der Waals surface area (Å²) in [7, 11) is -2.57. The Balaban J connectivity index is 1.69. The first kappa shape index (κ1) is 26.5. The molecule has 0 bridgehead atoms. The second-order valence-corrected chi connectivity index (χ2v) is 13.7. The van der Waals surface area contributed by atoms with Crippen LogP contribution in [0.4, 0.5) is 4.39 Å². The van der Waals surface area contributed by atoms with Gasteiger partial charge in [0.1, 0.15) is 13.9 Å². The highest BCUT2D eigenvalue weighted by atomic mass is 28.3. The number of halogens is 1. The van der Waals surface area contributed by atoms with E-state index in [1.54, 1.807) is 6.92 Å². The van der Waals surface area contributed by atoms with Gasteiger partial charge < -0.3 is 10.1 Å². The van der Waals surface area contributed by atoms with Crippen LogP contribution in [0.15, 0.2) is 115 Å². The number of nitrogens with one attached hydrogen (secondary N) is 1. The van der Waals surface area contributed by atoms with Crippen LogP contribution in [-0.4, -0.2) is 26.3 Å². The second-order valence-electron chi connectivity index (χ2n) is 9.43. The van der Waals surface area contributed by atoms with Crippen LogP contribution < -0.4 is 15.7 Å². The number of amides is 1. The van der Waals surface area contributed by atoms with E-state index in [0.29, 0.717) is 19.6 Å². The van der Waals surface area contributed by atoms with Gasteiger partial charge in [0.05, 0.1) is 6.61 Å². The molecule has 0 aromatic heterocycles. The van der Waals surface area contributed by atoms with Crippen LogP contribution in [0.5, 0.6) is 0 Å². The summed E-state index contributed by atoms with van der Waals surface area (Å²) in [4.78, 5) is 12.6. The molecule has 4 aromatic rings.